The Morgan fingerprint density at radius 1 is 1.50 bits per heavy atom. The fraction of sp³-hybridized carbons (Fsp3) is 0.625. The van der Waals surface area contributed by atoms with Gasteiger partial charge in [0, 0.05) is 6.42 Å². The molecule has 4 heteroatoms. The van der Waals surface area contributed by atoms with Crippen molar-refractivity contribution in [3.63, 3.8) is 0 Å². The van der Waals surface area contributed by atoms with Crippen molar-refractivity contribution in [2.75, 3.05) is 6.54 Å². The van der Waals surface area contributed by atoms with Crippen molar-refractivity contribution in [3.05, 3.63) is 17.7 Å². The molecule has 0 unspecified atom stereocenters. The van der Waals surface area contributed by atoms with Gasteiger partial charge in [0.05, 0.1) is 11.9 Å². The van der Waals surface area contributed by atoms with Crippen LogP contribution in [-0.2, 0) is 12.8 Å². The second-order valence-corrected chi connectivity index (χ2v) is 2.61. The Kier molecular flexibility index (Phi) is 3.60. The van der Waals surface area contributed by atoms with E-state index in [0.29, 0.717) is 6.54 Å². The maximum Gasteiger partial charge on any atom is 0.151 e. The van der Waals surface area contributed by atoms with Crippen molar-refractivity contribution in [2.24, 2.45) is 5.73 Å². The average molecular weight is 166 g/mol. The molecule has 1 heterocycles. The first-order valence-electron chi connectivity index (χ1n) is 4.24. The number of hydrogen-bond acceptors (Lipinski definition) is 4. The predicted molar refractivity (Wildman–Crippen MR) is 46.6 cm³/mol. The maximum absolute atomic E-state index is 5.37. The molecule has 12 heavy (non-hydrogen) atoms. The van der Waals surface area contributed by atoms with Crippen LogP contribution >= 0.6 is 0 Å². The van der Waals surface area contributed by atoms with E-state index in [9.17, 15) is 0 Å². The number of nitrogens with two attached hydrogens (primary N) is 1. The van der Waals surface area contributed by atoms with Crippen LogP contribution in [0.2, 0.25) is 0 Å². The highest BCUT2D eigenvalue weighted by molar-refractivity contribution is 4.95. The monoisotopic (exact) mass is 166 g/mol. The molecule has 0 fully saturated rings. The Balaban J connectivity index is 2.60. The summed E-state index contributed by atoms with van der Waals surface area (Å²) in [4.78, 5) is 4.30. The molecule has 0 aliphatic rings. The Bertz CT molecular complexity index is 236. The average Bonchev–Trinajstić information content (AvgIpc) is 2.15. The summed E-state index contributed by atoms with van der Waals surface area (Å²) < 4.78 is 0. The fourth-order valence-corrected chi connectivity index (χ4v) is 0.916. The summed E-state index contributed by atoms with van der Waals surface area (Å²) in [5.74, 6) is 0.805. The summed E-state index contributed by atoms with van der Waals surface area (Å²) in [5, 5.41) is 7.76. The van der Waals surface area contributed by atoms with Gasteiger partial charge < -0.3 is 5.73 Å². The second kappa shape index (κ2) is 4.77. The van der Waals surface area contributed by atoms with E-state index in [1.165, 1.54) is 0 Å². The minimum absolute atomic E-state index is 0.680. The van der Waals surface area contributed by atoms with E-state index < -0.39 is 0 Å². The van der Waals surface area contributed by atoms with E-state index >= 15 is 0 Å². The zero-order valence-corrected chi connectivity index (χ0v) is 7.32. The molecule has 0 saturated heterocycles. The summed E-state index contributed by atoms with van der Waals surface area (Å²) in [6.07, 6.45) is 4.36. The van der Waals surface area contributed by atoms with Gasteiger partial charge in [-0.1, -0.05) is 6.92 Å². The van der Waals surface area contributed by atoms with Crippen molar-refractivity contribution in [2.45, 2.75) is 26.2 Å². The zero-order valence-electron chi connectivity index (χ0n) is 7.32. The van der Waals surface area contributed by atoms with Gasteiger partial charge in [-0.2, -0.15) is 5.10 Å². The molecule has 0 amide bonds. The van der Waals surface area contributed by atoms with E-state index in [1.807, 2.05) is 0 Å². The molecule has 0 aliphatic heterocycles. The van der Waals surface area contributed by atoms with Crippen molar-refractivity contribution < 1.29 is 0 Å². The highest BCUT2D eigenvalue weighted by atomic mass is 15.1. The molecular weight excluding hydrogens is 152 g/mol. The number of aryl methyl sites for hydroxylation is 2. The lowest BCUT2D eigenvalue weighted by molar-refractivity contribution is 0.736. The summed E-state index contributed by atoms with van der Waals surface area (Å²) in [6, 6.07) is 0. The fourth-order valence-electron chi connectivity index (χ4n) is 0.916. The van der Waals surface area contributed by atoms with Crippen molar-refractivity contribution >= 4 is 0 Å². The highest BCUT2D eigenvalue weighted by Crippen LogP contribution is 1.96. The van der Waals surface area contributed by atoms with E-state index in [0.717, 1.165) is 30.8 Å². The molecule has 0 radical (unpaired) electrons. The number of aromatic nitrogens is 3. The van der Waals surface area contributed by atoms with Gasteiger partial charge in [0.2, 0.25) is 0 Å². The first-order valence-corrected chi connectivity index (χ1v) is 4.24. The standard InChI is InChI=1S/C8H14N4/c1-2-7-6-10-12-8(11-7)4-3-5-9/h6H,2-5,9H2,1H3. The first kappa shape index (κ1) is 9.06. The Labute approximate surface area is 72.2 Å². The van der Waals surface area contributed by atoms with E-state index in [2.05, 4.69) is 22.1 Å². The lowest BCUT2D eigenvalue weighted by Gasteiger charge is -1.98. The minimum atomic E-state index is 0.680. The van der Waals surface area contributed by atoms with Crippen molar-refractivity contribution in [1.29, 1.82) is 0 Å². The smallest absolute Gasteiger partial charge is 0.151 e. The van der Waals surface area contributed by atoms with E-state index in [4.69, 9.17) is 5.73 Å². The first-order chi connectivity index (χ1) is 5.86. The van der Waals surface area contributed by atoms with Gasteiger partial charge >= 0.3 is 0 Å². The third-order valence-electron chi connectivity index (χ3n) is 1.62. The van der Waals surface area contributed by atoms with Crippen molar-refractivity contribution in [1.82, 2.24) is 15.2 Å². The topological polar surface area (TPSA) is 64.7 Å². The third-order valence-corrected chi connectivity index (χ3v) is 1.62. The van der Waals surface area contributed by atoms with E-state index in [-0.39, 0.29) is 0 Å². The predicted octanol–water partition coefficient (Wildman–Crippen LogP) is 0.325. The SMILES string of the molecule is CCc1cnnc(CCCN)n1. The number of rotatable bonds is 4. The molecule has 0 bridgehead atoms. The molecule has 2 N–H and O–H groups in total. The van der Waals surface area contributed by atoms with Gasteiger partial charge in [-0.3, -0.25) is 0 Å². The van der Waals surface area contributed by atoms with Crippen LogP contribution in [0.4, 0.5) is 0 Å². The normalized spacial score (nSPS) is 10.2. The van der Waals surface area contributed by atoms with Gasteiger partial charge in [-0.05, 0) is 19.4 Å². The van der Waals surface area contributed by atoms with Crippen LogP contribution in [0.5, 0.6) is 0 Å². The largest absolute Gasteiger partial charge is 0.330 e. The van der Waals surface area contributed by atoms with Crippen LogP contribution in [0.15, 0.2) is 6.20 Å². The Morgan fingerprint density at radius 3 is 3.00 bits per heavy atom. The number of nitrogens with zero attached hydrogens (tertiary/aromatic N) is 3. The van der Waals surface area contributed by atoms with Crippen LogP contribution in [0, 0.1) is 0 Å². The van der Waals surface area contributed by atoms with Gasteiger partial charge in [0.15, 0.2) is 5.82 Å². The molecule has 0 aliphatic carbocycles. The molecular formula is C8H14N4. The summed E-state index contributed by atoms with van der Waals surface area (Å²) in [6.45, 7) is 2.73. The minimum Gasteiger partial charge on any atom is -0.330 e. The molecule has 0 spiro atoms. The molecule has 1 aromatic rings. The second-order valence-electron chi connectivity index (χ2n) is 2.61. The van der Waals surface area contributed by atoms with Crippen molar-refractivity contribution in [3.8, 4) is 0 Å². The van der Waals surface area contributed by atoms with Crippen LogP contribution in [-0.4, -0.2) is 21.7 Å². The Hall–Kier alpha value is -1.03. The Morgan fingerprint density at radius 2 is 2.33 bits per heavy atom. The quantitative estimate of drug-likeness (QED) is 0.699. The molecule has 0 atom stereocenters. The molecule has 4 nitrogen and oxygen atoms in total. The third kappa shape index (κ3) is 2.54. The summed E-state index contributed by atoms with van der Waals surface area (Å²) in [5.41, 5.74) is 6.37. The molecule has 1 rings (SSSR count). The van der Waals surface area contributed by atoms with Gasteiger partial charge in [-0.15, -0.1) is 5.10 Å². The lowest BCUT2D eigenvalue weighted by Crippen LogP contribution is -2.05. The van der Waals surface area contributed by atoms with Crippen LogP contribution in [0.3, 0.4) is 0 Å². The van der Waals surface area contributed by atoms with E-state index in [1.54, 1.807) is 6.20 Å². The molecule has 66 valence electrons. The molecule has 0 aromatic carbocycles. The van der Waals surface area contributed by atoms with Gasteiger partial charge in [0.1, 0.15) is 0 Å². The molecule has 0 saturated carbocycles. The van der Waals surface area contributed by atoms with Crippen LogP contribution in [0.1, 0.15) is 24.9 Å². The summed E-state index contributed by atoms with van der Waals surface area (Å²) >= 11 is 0. The van der Waals surface area contributed by atoms with Gasteiger partial charge in [-0.25, -0.2) is 4.98 Å². The summed E-state index contributed by atoms with van der Waals surface area (Å²) in [7, 11) is 0. The number of hydrogen-bond donors (Lipinski definition) is 1. The van der Waals surface area contributed by atoms with Gasteiger partial charge in [0.25, 0.3) is 0 Å². The molecule has 1 aromatic heterocycles. The lowest BCUT2D eigenvalue weighted by atomic mass is 10.3. The highest BCUT2D eigenvalue weighted by Gasteiger charge is 1.97. The maximum atomic E-state index is 5.37. The van der Waals surface area contributed by atoms with Crippen LogP contribution < -0.4 is 5.73 Å². The van der Waals surface area contributed by atoms with Crippen LogP contribution in [0.25, 0.3) is 0 Å². The zero-order chi connectivity index (χ0) is 8.81.